The first kappa shape index (κ1) is 22.0. The second-order valence-electron chi connectivity index (χ2n) is 7.33. The van der Waals surface area contributed by atoms with Gasteiger partial charge in [-0.1, -0.05) is 13.0 Å². The minimum Gasteiger partial charge on any atom is -0.352 e. The molecule has 0 amide bonds. The molecule has 0 saturated heterocycles. The lowest BCUT2D eigenvalue weighted by atomic mass is 10.0. The number of halogens is 3. The molecule has 2 aromatic heterocycles. The zero-order valence-corrected chi connectivity index (χ0v) is 17.2. The number of pyridine rings is 1. The summed E-state index contributed by atoms with van der Waals surface area (Å²) in [6, 6.07) is 12.2. The molecule has 1 aromatic carbocycles. The van der Waals surface area contributed by atoms with E-state index in [0.29, 0.717) is 17.9 Å². The summed E-state index contributed by atoms with van der Waals surface area (Å²) in [7, 11) is 0. The maximum atomic E-state index is 12.9. The fraction of sp³-hybridized carbons (Fsp3) is 0.273. The molecule has 31 heavy (non-hydrogen) atoms. The molecule has 0 radical (unpaired) electrons. The van der Waals surface area contributed by atoms with Crippen molar-refractivity contribution in [2.75, 3.05) is 10.6 Å². The molecule has 3 rings (SSSR count). The average molecular weight is 426 g/mol. The topological polar surface area (TPSA) is 86.5 Å². The first-order valence-corrected chi connectivity index (χ1v) is 9.57. The molecule has 0 bridgehead atoms. The van der Waals surface area contributed by atoms with Gasteiger partial charge in [0.25, 0.3) is 0 Å². The van der Waals surface area contributed by atoms with Crippen molar-refractivity contribution < 1.29 is 13.2 Å². The van der Waals surface area contributed by atoms with Gasteiger partial charge in [0.1, 0.15) is 17.1 Å². The van der Waals surface area contributed by atoms with Crippen LogP contribution in [0, 0.1) is 18.3 Å². The average Bonchev–Trinajstić information content (AvgIpc) is 2.73. The van der Waals surface area contributed by atoms with Gasteiger partial charge in [0.05, 0.1) is 6.07 Å². The molecule has 0 aliphatic rings. The number of alkyl halides is 3. The molecule has 0 aliphatic heterocycles. The van der Waals surface area contributed by atoms with Gasteiger partial charge in [0.15, 0.2) is 0 Å². The molecule has 0 spiro atoms. The van der Waals surface area contributed by atoms with E-state index in [1.807, 2.05) is 26.0 Å². The molecule has 3 aromatic rings. The Morgan fingerprint density at radius 1 is 1.06 bits per heavy atom. The van der Waals surface area contributed by atoms with Gasteiger partial charge in [-0.25, -0.2) is 15.0 Å². The summed E-state index contributed by atoms with van der Waals surface area (Å²) >= 11 is 0. The summed E-state index contributed by atoms with van der Waals surface area (Å²) < 4.78 is 38.7. The molecule has 1 unspecified atom stereocenters. The standard InChI is InChI=1S/C22H21F3N6/c1-4-21(3,13-26)31-19-6-5-15(12-28-19)16-9-14(2)10-17(11-16)29-20-27-8-7-18(30-20)22(23,24)25/h5-12H,4H2,1-3H3,(H,28,31)(H,27,29,30). The van der Waals surface area contributed by atoms with Crippen LogP contribution in [0.2, 0.25) is 0 Å². The lowest BCUT2D eigenvalue weighted by molar-refractivity contribution is -0.141. The molecule has 0 saturated carbocycles. The highest BCUT2D eigenvalue weighted by Crippen LogP contribution is 2.29. The maximum Gasteiger partial charge on any atom is 0.433 e. The first-order valence-electron chi connectivity index (χ1n) is 9.57. The molecule has 6 nitrogen and oxygen atoms in total. The number of rotatable bonds is 6. The third kappa shape index (κ3) is 5.48. The third-order valence-electron chi connectivity index (χ3n) is 4.73. The monoisotopic (exact) mass is 426 g/mol. The summed E-state index contributed by atoms with van der Waals surface area (Å²) in [6.45, 7) is 5.60. The highest BCUT2D eigenvalue weighted by molar-refractivity contribution is 5.71. The van der Waals surface area contributed by atoms with Crippen molar-refractivity contribution in [3.63, 3.8) is 0 Å². The van der Waals surface area contributed by atoms with E-state index >= 15 is 0 Å². The molecule has 9 heteroatoms. The van der Waals surface area contributed by atoms with Crippen LogP contribution in [-0.2, 0) is 6.18 Å². The van der Waals surface area contributed by atoms with E-state index in [-0.39, 0.29) is 5.95 Å². The Kier molecular flexibility index (Phi) is 6.11. The van der Waals surface area contributed by atoms with Crippen LogP contribution in [0.15, 0.2) is 48.8 Å². The maximum absolute atomic E-state index is 12.9. The van der Waals surface area contributed by atoms with Crippen LogP contribution in [0.3, 0.4) is 0 Å². The summed E-state index contributed by atoms with van der Waals surface area (Å²) in [6.07, 6.45) is -1.18. The largest absolute Gasteiger partial charge is 0.433 e. The Morgan fingerprint density at radius 3 is 2.45 bits per heavy atom. The normalized spacial score (nSPS) is 13.2. The minimum atomic E-state index is -4.54. The summed E-state index contributed by atoms with van der Waals surface area (Å²) in [5.74, 6) is 0.442. The van der Waals surface area contributed by atoms with Crippen molar-refractivity contribution in [3.8, 4) is 17.2 Å². The number of hydrogen-bond acceptors (Lipinski definition) is 6. The predicted molar refractivity (Wildman–Crippen MR) is 113 cm³/mol. The van der Waals surface area contributed by atoms with E-state index in [9.17, 15) is 18.4 Å². The predicted octanol–water partition coefficient (Wildman–Crippen LogP) is 5.71. The van der Waals surface area contributed by atoms with Crippen molar-refractivity contribution in [1.82, 2.24) is 15.0 Å². The number of nitrogens with one attached hydrogen (secondary N) is 2. The zero-order valence-electron chi connectivity index (χ0n) is 17.2. The highest BCUT2D eigenvalue weighted by Gasteiger charge is 2.32. The fourth-order valence-corrected chi connectivity index (χ4v) is 2.84. The van der Waals surface area contributed by atoms with Crippen molar-refractivity contribution in [2.45, 2.75) is 38.9 Å². The van der Waals surface area contributed by atoms with Gasteiger partial charge < -0.3 is 10.6 Å². The molecule has 0 fully saturated rings. The molecule has 0 aliphatic carbocycles. The Bertz CT molecular complexity index is 1110. The Hall–Kier alpha value is -3.67. The van der Waals surface area contributed by atoms with Crippen molar-refractivity contribution in [2.24, 2.45) is 0 Å². The Labute approximate surface area is 178 Å². The number of nitriles is 1. The molecule has 160 valence electrons. The summed E-state index contributed by atoms with van der Waals surface area (Å²) in [5, 5.41) is 15.3. The summed E-state index contributed by atoms with van der Waals surface area (Å²) in [4.78, 5) is 11.8. The van der Waals surface area contributed by atoms with E-state index < -0.39 is 17.4 Å². The van der Waals surface area contributed by atoms with Gasteiger partial charge in [-0.05, 0) is 61.7 Å². The van der Waals surface area contributed by atoms with Gasteiger partial charge in [-0.2, -0.15) is 18.4 Å². The smallest absolute Gasteiger partial charge is 0.352 e. The van der Waals surface area contributed by atoms with Crippen molar-refractivity contribution in [1.29, 1.82) is 5.26 Å². The first-order chi connectivity index (χ1) is 14.6. The lowest BCUT2D eigenvalue weighted by Gasteiger charge is -2.21. The second-order valence-corrected chi connectivity index (χ2v) is 7.33. The van der Waals surface area contributed by atoms with Crippen LogP contribution in [0.4, 0.5) is 30.6 Å². The molecular formula is C22H21F3N6. The van der Waals surface area contributed by atoms with E-state index in [4.69, 9.17) is 0 Å². The highest BCUT2D eigenvalue weighted by atomic mass is 19.4. The number of nitrogens with zero attached hydrogens (tertiary/aromatic N) is 4. The lowest BCUT2D eigenvalue weighted by Crippen LogP contribution is -2.32. The third-order valence-corrected chi connectivity index (χ3v) is 4.73. The molecule has 2 N–H and O–H groups in total. The van der Waals surface area contributed by atoms with Crippen molar-refractivity contribution in [3.05, 3.63) is 60.0 Å². The molecule has 1 atom stereocenters. The van der Waals surface area contributed by atoms with Gasteiger partial charge in [-0.15, -0.1) is 0 Å². The van der Waals surface area contributed by atoms with Gasteiger partial charge in [0, 0.05) is 23.6 Å². The number of aromatic nitrogens is 3. The SMILES string of the molecule is CCC(C)(C#N)Nc1ccc(-c2cc(C)cc(Nc3nccc(C(F)(F)F)n3)c2)cn1. The van der Waals surface area contributed by atoms with Gasteiger partial charge in [-0.3, -0.25) is 0 Å². The van der Waals surface area contributed by atoms with Crippen LogP contribution in [0.1, 0.15) is 31.5 Å². The van der Waals surface area contributed by atoms with Crippen LogP contribution in [0.5, 0.6) is 0 Å². The van der Waals surface area contributed by atoms with Crippen LogP contribution in [-0.4, -0.2) is 20.5 Å². The van der Waals surface area contributed by atoms with Crippen molar-refractivity contribution >= 4 is 17.5 Å². The number of benzene rings is 1. The number of aryl methyl sites for hydroxylation is 1. The molecular weight excluding hydrogens is 405 g/mol. The van der Waals surface area contributed by atoms with E-state index in [2.05, 4.69) is 31.7 Å². The van der Waals surface area contributed by atoms with Crippen LogP contribution < -0.4 is 10.6 Å². The minimum absolute atomic E-state index is 0.139. The zero-order chi connectivity index (χ0) is 22.6. The summed E-state index contributed by atoms with van der Waals surface area (Å²) in [5.41, 5.74) is 1.38. The van der Waals surface area contributed by atoms with E-state index in [1.165, 1.54) is 0 Å². The van der Waals surface area contributed by atoms with Gasteiger partial charge >= 0.3 is 6.18 Å². The van der Waals surface area contributed by atoms with E-state index in [0.717, 1.165) is 29.0 Å². The second kappa shape index (κ2) is 8.60. The van der Waals surface area contributed by atoms with Crippen LogP contribution >= 0.6 is 0 Å². The Balaban J connectivity index is 1.84. The number of hydrogen-bond donors (Lipinski definition) is 2. The molecule has 2 heterocycles. The Morgan fingerprint density at radius 2 is 1.84 bits per heavy atom. The fourth-order valence-electron chi connectivity index (χ4n) is 2.84. The number of anilines is 3. The van der Waals surface area contributed by atoms with E-state index in [1.54, 1.807) is 31.3 Å². The van der Waals surface area contributed by atoms with Crippen LogP contribution in [0.25, 0.3) is 11.1 Å². The quantitative estimate of drug-likeness (QED) is 0.525. The van der Waals surface area contributed by atoms with Gasteiger partial charge in [0.2, 0.25) is 5.95 Å².